The van der Waals surface area contributed by atoms with Crippen molar-refractivity contribution in [3.05, 3.63) is 29.8 Å². The molecule has 1 saturated heterocycles. The average Bonchev–Trinajstić information content (AvgIpc) is 2.53. The first-order valence-corrected chi connectivity index (χ1v) is 6.62. The zero-order valence-corrected chi connectivity index (χ0v) is 11.5. The van der Waals surface area contributed by atoms with Crippen molar-refractivity contribution < 1.29 is 35.0 Å². The number of hydrogen-bond donors (Lipinski definition) is 5. The highest BCUT2D eigenvalue weighted by Gasteiger charge is 2.44. The minimum atomic E-state index is -1.58. The van der Waals surface area contributed by atoms with E-state index >= 15 is 0 Å². The van der Waals surface area contributed by atoms with Crippen molar-refractivity contribution in [1.82, 2.24) is 0 Å². The molecule has 0 aliphatic carbocycles. The van der Waals surface area contributed by atoms with E-state index in [1.165, 1.54) is 24.3 Å². The SMILES string of the molecule is N#C[C@@H](O[C@H]1O[C@H](CO)[C@@H](O)[C@H](O)[C@H]1O)c1ccc(O)cc1. The first-order chi connectivity index (χ1) is 10.5. The van der Waals surface area contributed by atoms with Gasteiger partial charge in [-0.3, -0.25) is 0 Å². The van der Waals surface area contributed by atoms with Gasteiger partial charge >= 0.3 is 0 Å². The molecule has 1 aliphatic rings. The third-order valence-corrected chi connectivity index (χ3v) is 3.43. The van der Waals surface area contributed by atoms with Gasteiger partial charge < -0.3 is 35.0 Å². The fourth-order valence-electron chi connectivity index (χ4n) is 2.15. The number of benzene rings is 1. The van der Waals surface area contributed by atoms with Gasteiger partial charge in [0.1, 0.15) is 30.2 Å². The van der Waals surface area contributed by atoms with Gasteiger partial charge in [-0.05, 0) is 17.7 Å². The number of ether oxygens (including phenoxy) is 2. The molecule has 1 aromatic rings. The zero-order chi connectivity index (χ0) is 16.3. The van der Waals surface area contributed by atoms with Gasteiger partial charge in [-0.1, -0.05) is 12.1 Å². The van der Waals surface area contributed by atoms with E-state index in [0.29, 0.717) is 5.56 Å². The van der Waals surface area contributed by atoms with Gasteiger partial charge in [0.15, 0.2) is 12.4 Å². The molecular formula is C14H17NO7. The number of nitriles is 1. The van der Waals surface area contributed by atoms with Crippen LogP contribution in [-0.4, -0.2) is 62.8 Å². The Hall–Kier alpha value is -1.73. The number of aliphatic hydroxyl groups excluding tert-OH is 4. The molecule has 1 aliphatic heterocycles. The van der Waals surface area contributed by atoms with E-state index in [1.807, 2.05) is 6.07 Å². The van der Waals surface area contributed by atoms with Gasteiger partial charge in [-0.2, -0.15) is 5.26 Å². The summed E-state index contributed by atoms with van der Waals surface area (Å²) in [5.41, 5.74) is 0.414. The van der Waals surface area contributed by atoms with Crippen LogP contribution in [0, 0.1) is 11.3 Å². The monoisotopic (exact) mass is 311 g/mol. The van der Waals surface area contributed by atoms with Crippen LogP contribution in [0.5, 0.6) is 5.75 Å². The second-order valence-corrected chi connectivity index (χ2v) is 4.93. The summed E-state index contributed by atoms with van der Waals surface area (Å²) in [5, 5.41) is 56.7. The Morgan fingerprint density at radius 2 is 1.77 bits per heavy atom. The Balaban J connectivity index is 2.13. The molecular weight excluding hydrogens is 294 g/mol. The Morgan fingerprint density at radius 1 is 1.14 bits per heavy atom. The molecule has 8 heteroatoms. The largest absolute Gasteiger partial charge is 0.508 e. The van der Waals surface area contributed by atoms with Crippen molar-refractivity contribution in [1.29, 1.82) is 5.26 Å². The van der Waals surface area contributed by atoms with E-state index in [0.717, 1.165) is 0 Å². The Kier molecular flexibility index (Phi) is 5.31. The van der Waals surface area contributed by atoms with Gasteiger partial charge in [0.25, 0.3) is 0 Å². The highest BCUT2D eigenvalue weighted by atomic mass is 16.7. The minimum absolute atomic E-state index is 0.0216. The van der Waals surface area contributed by atoms with Crippen molar-refractivity contribution in [3.63, 3.8) is 0 Å². The van der Waals surface area contributed by atoms with Crippen LogP contribution < -0.4 is 0 Å². The smallest absolute Gasteiger partial charge is 0.188 e. The number of hydrogen-bond acceptors (Lipinski definition) is 8. The first-order valence-electron chi connectivity index (χ1n) is 6.62. The van der Waals surface area contributed by atoms with Crippen LogP contribution in [0.25, 0.3) is 0 Å². The van der Waals surface area contributed by atoms with E-state index in [1.54, 1.807) is 0 Å². The second kappa shape index (κ2) is 7.02. The van der Waals surface area contributed by atoms with E-state index in [4.69, 9.17) is 14.6 Å². The van der Waals surface area contributed by atoms with Gasteiger partial charge in [0.2, 0.25) is 0 Å². The molecule has 0 aromatic heterocycles. The molecule has 120 valence electrons. The predicted octanol–water partition coefficient (Wildman–Crippen LogP) is -1.23. The molecule has 2 rings (SSSR count). The van der Waals surface area contributed by atoms with Crippen molar-refractivity contribution in [3.8, 4) is 11.8 Å². The molecule has 0 bridgehead atoms. The third-order valence-electron chi connectivity index (χ3n) is 3.43. The summed E-state index contributed by atoms with van der Waals surface area (Å²) in [7, 11) is 0. The van der Waals surface area contributed by atoms with Crippen molar-refractivity contribution in [2.24, 2.45) is 0 Å². The molecule has 5 N–H and O–H groups in total. The van der Waals surface area contributed by atoms with Crippen LogP contribution in [0.2, 0.25) is 0 Å². The lowest BCUT2D eigenvalue weighted by Gasteiger charge is -2.40. The molecule has 0 spiro atoms. The van der Waals surface area contributed by atoms with Gasteiger partial charge in [-0.25, -0.2) is 0 Å². The van der Waals surface area contributed by atoms with Gasteiger partial charge in [-0.15, -0.1) is 0 Å². The maximum absolute atomic E-state index is 9.87. The second-order valence-electron chi connectivity index (χ2n) is 4.93. The van der Waals surface area contributed by atoms with Gasteiger partial charge in [0.05, 0.1) is 12.7 Å². The zero-order valence-electron chi connectivity index (χ0n) is 11.5. The Labute approximate surface area is 126 Å². The van der Waals surface area contributed by atoms with Crippen molar-refractivity contribution >= 4 is 0 Å². The lowest BCUT2D eigenvalue weighted by molar-refractivity contribution is -0.307. The van der Waals surface area contributed by atoms with Crippen LogP contribution in [0.15, 0.2) is 24.3 Å². The van der Waals surface area contributed by atoms with E-state index < -0.39 is 43.4 Å². The maximum Gasteiger partial charge on any atom is 0.188 e. The molecule has 0 saturated carbocycles. The number of nitrogens with zero attached hydrogens (tertiary/aromatic N) is 1. The molecule has 6 atom stereocenters. The molecule has 0 unspecified atom stereocenters. The van der Waals surface area contributed by atoms with Crippen molar-refractivity contribution in [2.45, 2.75) is 36.8 Å². The molecule has 0 radical (unpaired) electrons. The highest BCUT2D eigenvalue weighted by molar-refractivity contribution is 5.29. The molecule has 1 aromatic carbocycles. The highest BCUT2D eigenvalue weighted by Crippen LogP contribution is 2.27. The Morgan fingerprint density at radius 3 is 2.32 bits per heavy atom. The molecule has 22 heavy (non-hydrogen) atoms. The Bertz CT molecular complexity index is 527. The summed E-state index contributed by atoms with van der Waals surface area (Å²) in [5.74, 6) is 0.0216. The van der Waals surface area contributed by atoms with Crippen LogP contribution >= 0.6 is 0 Å². The summed E-state index contributed by atoms with van der Waals surface area (Å²) in [4.78, 5) is 0. The number of phenols is 1. The summed E-state index contributed by atoms with van der Waals surface area (Å²) in [6.07, 6.45) is -8.27. The van der Waals surface area contributed by atoms with Crippen LogP contribution in [-0.2, 0) is 9.47 Å². The van der Waals surface area contributed by atoms with Crippen molar-refractivity contribution in [2.75, 3.05) is 6.61 Å². The van der Waals surface area contributed by atoms with E-state index in [2.05, 4.69) is 0 Å². The lowest BCUT2D eigenvalue weighted by Crippen LogP contribution is -2.59. The molecule has 1 fully saturated rings. The quantitative estimate of drug-likeness (QED) is 0.465. The summed E-state index contributed by atoms with van der Waals surface area (Å²) in [6.45, 7) is -0.582. The maximum atomic E-state index is 9.87. The summed E-state index contributed by atoms with van der Waals surface area (Å²) >= 11 is 0. The van der Waals surface area contributed by atoms with Crippen LogP contribution in [0.1, 0.15) is 11.7 Å². The van der Waals surface area contributed by atoms with E-state index in [-0.39, 0.29) is 5.75 Å². The lowest BCUT2D eigenvalue weighted by atomic mass is 9.99. The fraction of sp³-hybridized carbons (Fsp3) is 0.500. The first kappa shape index (κ1) is 16.6. The van der Waals surface area contributed by atoms with Crippen LogP contribution in [0.3, 0.4) is 0 Å². The van der Waals surface area contributed by atoms with Crippen LogP contribution in [0.4, 0.5) is 0 Å². The molecule has 0 amide bonds. The third kappa shape index (κ3) is 3.36. The number of aromatic hydroxyl groups is 1. The van der Waals surface area contributed by atoms with Gasteiger partial charge in [0, 0.05) is 0 Å². The standard InChI is InChI=1S/C14H17NO7/c15-5-9(7-1-3-8(17)4-2-7)21-14-13(20)12(19)11(18)10(6-16)22-14/h1-4,9-14,16-20H,6H2/t9-,10-,11-,12+,13-,14+/m1/s1. The fourth-order valence-corrected chi connectivity index (χ4v) is 2.15. The molecule has 1 heterocycles. The topological polar surface area (TPSA) is 143 Å². The number of rotatable bonds is 4. The van der Waals surface area contributed by atoms with E-state index in [9.17, 15) is 25.7 Å². The molecule has 8 nitrogen and oxygen atoms in total. The average molecular weight is 311 g/mol. The number of aliphatic hydroxyl groups is 4. The summed E-state index contributed by atoms with van der Waals surface area (Å²) < 4.78 is 10.5. The minimum Gasteiger partial charge on any atom is -0.508 e. The predicted molar refractivity (Wildman–Crippen MR) is 71.3 cm³/mol. The summed E-state index contributed by atoms with van der Waals surface area (Å²) in [6, 6.07) is 7.54. The normalized spacial score (nSPS) is 33.1. The number of phenolic OH excluding ortho intramolecular Hbond substituents is 1.